The lowest BCUT2D eigenvalue weighted by Gasteiger charge is -1.98. The van der Waals surface area contributed by atoms with Crippen molar-refractivity contribution in [2.45, 2.75) is 32.6 Å². The number of aromatic nitrogens is 1. The molecule has 0 aliphatic rings. The van der Waals surface area contributed by atoms with E-state index < -0.39 is 0 Å². The molecule has 16 heavy (non-hydrogen) atoms. The van der Waals surface area contributed by atoms with Crippen molar-refractivity contribution < 1.29 is 0 Å². The minimum Gasteiger partial charge on any atom is -0.330 e. The van der Waals surface area contributed by atoms with E-state index in [1.54, 1.807) is 11.3 Å². The molecule has 0 atom stereocenters. The summed E-state index contributed by atoms with van der Waals surface area (Å²) in [7, 11) is 0. The molecule has 0 spiro atoms. The zero-order valence-electron chi connectivity index (χ0n) is 9.70. The Morgan fingerprint density at radius 2 is 2.19 bits per heavy atom. The van der Waals surface area contributed by atoms with E-state index in [0.717, 1.165) is 16.9 Å². The fourth-order valence-electron chi connectivity index (χ4n) is 1.78. The summed E-state index contributed by atoms with van der Waals surface area (Å²) >= 11 is 1.78. The fourth-order valence-corrected chi connectivity index (χ4v) is 2.83. The first-order valence-electron chi connectivity index (χ1n) is 5.92. The van der Waals surface area contributed by atoms with Gasteiger partial charge in [0.25, 0.3) is 0 Å². The lowest BCUT2D eigenvalue weighted by Crippen LogP contribution is -2.01. The van der Waals surface area contributed by atoms with Crippen molar-refractivity contribution >= 4 is 21.6 Å². The maximum Gasteiger partial charge on any atom is 0.0951 e. The van der Waals surface area contributed by atoms with Gasteiger partial charge in [-0.05, 0) is 37.1 Å². The number of thiazole rings is 1. The highest BCUT2D eigenvalue weighted by atomic mass is 32.1. The molecule has 0 unspecified atom stereocenters. The monoisotopic (exact) mass is 234 g/mol. The lowest BCUT2D eigenvalue weighted by molar-refractivity contribution is 0.796. The van der Waals surface area contributed by atoms with Crippen molar-refractivity contribution in [1.29, 1.82) is 0 Å². The van der Waals surface area contributed by atoms with E-state index in [4.69, 9.17) is 5.73 Å². The summed E-state index contributed by atoms with van der Waals surface area (Å²) in [5, 5.41) is 1.16. The van der Waals surface area contributed by atoms with Crippen molar-refractivity contribution in [3.63, 3.8) is 0 Å². The third kappa shape index (κ3) is 2.60. The van der Waals surface area contributed by atoms with Gasteiger partial charge < -0.3 is 5.73 Å². The quantitative estimate of drug-likeness (QED) is 0.863. The number of fused-ring (bicyclic) bond motifs is 1. The Kier molecular flexibility index (Phi) is 3.91. The lowest BCUT2D eigenvalue weighted by atomic mass is 10.1. The second-order valence-corrected chi connectivity index (χ2v) is 5.17. The summed E-state index contributed by atoms with van der Waals surface area (Å²) in [5.74, 6) is 0. The summed E-state index contributed by atoms with van der Waals surface area (Å²) in [6.07, 6.45) is 4.58. The van der Waals surface area contributed by atoms with E-state index in [1.165, 1.54) is 29.5 Å². The molecule has 0 aliphatic carbocycles. The molecule has 0 fully saturated rings. The Morgan fingerprint density at radius 3 is 2.94 bits per heavy atom. The summed E-state index contributed by atoms with van der Waals surface area (Å²) in [4.78, 5) is 4.56. The molecule has 1 aromatic carbocycles. The second kappa shape index (κ2) is 5.41. The molecule has 0 saturated carbocycles. The fraction of sp³-hybridized carbons (Fsp3) is 0.462. The Labute approximate surface area is 101 Å². The van der Waals surface area contributed by atoms with Crippen molar-refractivity contribution in [1.82, 2.24) is 4.98 Å². The van der Waals surface area contributed by atoms with E-state index in [2.05, 4.69) is 30.1 Å². The Bertz CT molecular complexity index is 462. The molecule has 0 amide bonds. The van der Waals surface area contributed by atoms with Gasteiger partial charge in [-0.15, -0.1) is 11.3 Å². The molecule has 2 N–H and O–H groups in total. The molecule has 1 heterocycles. The van der Waals surface area contributed by atoms with Gasteiger partial charge in [-0.1, -0.05) is 19.4 Å². The Balaban J connectivity index is 2.23. The molecular weight excluding hydrogens is 216 g/mol. The number of benzene rings is 1. The van der Waals surface area contributed by atoms with Crippen LogP contribution in [0.15, 0.2) is 18.2 Å². The standard InChI is InChI=1S/C13H18N2S/c1-2-3-4-10-5-6-11-12(9-10)16-13(15-11)7-8-14/h5-6,9H,2-4,7-8,14H2,1H3. The van der Waals surface area contributed by atoms with E-state index in [0.29, 0.717) is 6.54 Å². The zero-order chi connectivity index (χ0) is 11.4. The zero-order valence-corrected chi connectivity index (χ0v) is 10.5. The maximum absolute atomic E-state index is 5.54. The van der Waals surface area contributed by atoms with Gasteiger partial charge in [-0.3, -0.25) is 0 Å². The van der Waals surface area contributed by atoms with E-state index >= 15 is 0 Å². The van der Waals surface area contributed by atoms with Gasteiger partial charge in [0, 0.05) is 6.42 Å². The van der Waals surface area contributed by atoms with Crippen LogP contribution in [0.1, 0.15) is 30.3 Å². The minimum absolute atomic E-state index is 0.683. The Morgan fingerprint density at radius 1 is 1.31 bits per heavy atom. The van der Waals surface area contributed by atoms with Crippen molar-refractivity contribution in [3.8, 4) is 0 Å². The van der Waals surface area contributed by atoms with Crippen LogP contribution < -0.4 is 5.73 Å². The van der Waals surface area contributed by atoms with Crippen LogP contribution in [0.3, 0.4) is 0 Å². The Hall–Kier alpha value is -0.930. The number of nitrogens with zero attached hydrogens (tertiary/aromatic N) is 1. The highest BCUT2D eigenvalue weighted by Crippen LogP contribution is 2.24. The predicted molar refractivity (Wildman–Crippen MR) is 71.0 cm³/mol. The predicted octanol–water partition coefficient (Wildman–Crippen LogP) is 3.14. The number of unbranched alkanes of at least 4 members (excludes halogenated alkanes) is 1. The number of rotatable bonds is 5. The van der Waals surface area contributed by atoms with Gasteiger partial charge in [0.05, 0.1) is 15.2 Å². The first-order valence-corrected chi connectivity index (χ1v) is 6.73. The van der Waals surface area contributed by atoms with Crippen LogP contribution in [0, 0.1) is 0 Å². The van der Waals surface area contributed by atoms with Crippen LogP contribution in [0.4, 0.5) is 0 Å². The smallest absolute Gasteiger partial charge is 0.0951 e. The van der Waals surface area contributed by atoms with E-state index in [1.807, 2.05) is 0 Å². The average Bonchev–Trinajstić information content (AvgIpc) is 2.68. The van der Waals surface area contributed by atoms with E-state index in [9.17, 15) is 0 Å². The average molecular weight is 234 g/mol. The van der Waals surface area contributed by atoms with Gasteiger partial charge >= 0.3 is 0 Å². The molecule has 0 radical (unpaired) electrons. The molecule has 0 bridgehead atoms. The first-order chi connectivity index (χ1) is 7.83. The van der Waals surface area contributed by atoms with Crippen molar-refractivity contribution in [2.75, 3.05) is 6.54 Å². The summed E-state index contributed by atoms with van der Waals surface area (Å²) in [5.41, 5.74) is 8.09. The molecular formula is C13H18N2S. The van der Waals surface area contributed by atoms with Gasteiger partial charge in [0.15, 0.2) is 0 Å². The molecule has 0 saturated heterocycles. The van der Waals surface area contributed by atoms with Crippen LogP contribution in [0.5, 0.6) is 0 Å². The molecule has 0 aliphatic heterocycles. The highest BCUT2D eigenvalue weighted by Gasteiger charge is 2.03. The number of nitrogens with two attached hydrogens (primary N) is 1. The summed E-state index contributed by atoms with van der Waals surface area (Å²) in [6, 6.07) is 6.61. The van der Waals surface area contributed by atoms with Crippen LogP contribution >= 0.6 is 11.3 Å². The van der Waals surface area contributed by atoms with E-state index in [-0.39, 0.29) is 0 Å². The molecule has 2 aromatic rings. The van der Waals surface area contributed by atoms with Gasteiger partial charge in [-0.25, -0.2) is 4.98 Å². The summed E-state index contributed by atoms with van der Waals surface area (Å²) in [6.45, 7) is 2.91. The number of hydrogen-bond donors (Lipinski definition) is 1. The third-order valence-corrected chi connectivity index (χ3v) is 3.75. The number of aryl methyl sites for hydroxylation is 1. The number of hydrogen-bond acceptors (Lipinski definition) is 3. The van der Waals surface area contributed by atoms with Gasteiger partial charge in [0.2, 0.25) is 0 Å². The molecule has 2 rings (SSSR count). The third-order valence-electron chi connectivity index (χ3n) is 2.67. The van der Waals surface area contributed by atoms with Crippen LogP contribution in [-0.4, -0.2) is 11.5 Å². The topological polar surface area (TPSA) is 38.9 Å². The van der Waals surface area contributed by atoms with Gasteiger partial charge in [0.1, 0.15) is 0 Å². The molecule has 86 valence electrons. The highest BCUT2D eigenvalue weighted by molar-refractivity contribution is 7.18. The second-order valence-electron chi connectivity index (χ2n) is 4.05. The first kappa shape index (κ1) is 11.6. The minimum atomic E-state index is 0.683. The van der Waals surface area contributed by atoms with Crippen molar-refractivity contribution in [2.24, 2.45) is 5.73 Å². The maximum atomic E-state index is 5.54. The van der Waals surface area contributed by atoms with Crippen molar-refractivity contribution in [3.05, 3.63) is 28.8 Å². The van der Waals surface area contributed by atoms with Gasteiger partial charge in [-0.2, -0.15) is 0 Å². The molecule has 3 heteroatoms. The van der Waals surface area contributed by atoms with Crippen LogP contribution in [-0.2, 0) is 12.8 Å². The summed E-state index contributed by atoms with van der Waals surface area (Å²) < 4.78 is 1.30. The van der Waals surface area contributed by atoms with Crippen LogP contribution in [0.2, 0.25) is 0 Å². The normalized spacial score (nSPS) is 11.1. The van der Waals surface area contributed by atoms with Crippen LogP contribution in [0.25, 0.3) is 10.2 Å². The SMILES string of the molecule is CCCCc1ccc2nc(CCN)sc2c1. The largest absolute Gasteiger partial charge is 0.330 e. The molecule has 1 aromatic heterocycles. The molecule has 2 nitrogen and oxygen atoms in total.